The van der Waals surface area contributed by atoms with Gasteiger partial charge in [0.05, 0.1) is 0 Å². The molecule has 1 aromatic heterocycles. The molecule has 1 aromatic carbocycles. The van der Waals surface area contributed by atoms with E-state index in [9.17, 15) is 4.79 Å². The summed E-state index contributed by atoms with van der Waals surface area (Å²) >= 11 is 1.69. The topological polar surface area (TPSA) is 83.6 Å². The van der Waals surface area contributed by atoms with Crippen molar-refractivity contribution in [3.63, 3.8) is 0 Å². The normalized spacial score (nSPS) is 10.1. The molecular weight excluding hydrogens is 286 g/mol. The molecule has 21 heavy (non-hydrogen) atoms. The number of nitrogens with one attached hydrogen (secondary N) is 1. The van der Waals surface area contributed by atoms with Crippen LogP contribution in [0.3, 0.4) is 0 Å². The van der Waals surface area contributed by atoms with E-state index in [1.807, 2.05) is 6.07 Å². The molecule has 108 valence electrons. The second kappa shape index (κ2) is 7.45. The van der Waals surface area contributed by atoms with Crippen LogP contribution in [-0.2, 0) is 11.3 Å². The van der Waals surface area contributed by atoms with Gasteiger partial charge < -0.3 is 5.32 Å². The molecule has 0 spiro atoms. The van der Waals surface area contributed by atoms with Crippen molar-refractivity contribution in [3.8, 4) is 6.07 Å². The number of hydrogen-bond acceptors (Lipinski definition) is 5. The second-order valence-electron chi connectivity index (χ2n) is 4.39. The van der Waals surface area contributed by atoms with Gasteiger partial charge in [-0.3, -0.25) is 4.79 Å². The van der Waals surface area contributed by atoms with Gasteiger partial charge in [-0.2, -0.15) is 5.26 Å². The summed E-state index contributed by atoms with van der Waals surface area (Å²) < 4.78 is 1.35. The van der Waals surface area contributed by atoms with E-state index in [1.165, 1.54) is 21.5 Å². The van der Waals surface area contributed by atoms with Crippen LogP contribution in [0.2, 0.25) is 0 Å². The monoisotopic (exact) mass is 301 g/mol. The number of benzene rings is 1. The van der Waals surface area contributed by atoms with Gasteiger partial charge in [0.1, 0.15) is 18.9 Å². The Hall–Kier alpha value is -2.33. The highest BCUT2D eigenvalue weighted by Gasteiger charge is 2.05. The molecular formula is C14H15N5OS. The zero-order valence-electron chi connectivity index (χ0n) is 11.6. The minimum absolute atomic E-state index is 0.0673. The predicted octanol–water partition coefficient (Wildman–Crippen LogP) is 1.37. The van der Waals surface area contributed by atoms with E-state index < -0.39 is 0 Å². The third-order valence-electron chi connectivity index (χ3n) is 2.66. The van der Waals surface area contributed by atoms with Crippen molar-refractivity contribution in [2.45, 2.75) is 18.4 Å². The molecule has 1 heterocycles. The van der Waals surface area contributed by atoms with Gasteiger partial charge in [0, 0.05) is 17.2 Å². The number of nitrogens with zero attached hydrogens (tertiary/aromatic N) is 4. The highest BCUT2D eigenvalue weighted by atomic mass is 32.2. The fourth-order valence-corrected chi connectivity index (χ4v) is 2.39. The highest BCUT2D eigenvalue weighted by molar-refractivity contribution is 7.99. The first-order valence-electron chi connectivity index (χ1n) is 6.43. The Bertz CT molecular complexity index is 644. The molecule has 0 radical (unpaired) electrons. The minimum atomic E-state index is -0.145. The molecule has 0 fully saturated rings. The summed E-state index contributed by atoms with van der Waals surface area (Å²) in [5, 5.41) is 15.2. The third-order valence-corrected chi connectivity index (χ3v) is 3.67. The van der Waals surface area contributed by atoms with E-state index in [2.05, 4.69) is 46.6 Å². The average Bonchev–Trinajstić information content (AvgIpc) is 2.93. The number of carbonyl (C=O) groups excluding carboxylic acids is 1. The Kier molecular flexibility index (Phi) is 5.35. The van der Waals surface area contributed by atoms with Crippen molar-refractivity contribution < 1.29 is 4.79 Å². The molecule has 2 aromatic rings. The van der Waals surface area contributed by atoms with Gasteiger partial charge in [-0.05, 0) is 19.1 Å². The Balaban J connectivity index is 1.67. The van der Waals surface area contributed by atoms with Crippen molar-refractivity contribution >= 4 is 17.7 Å². The zero-order valence-corrected chi connectivity index (χ0v) is 12.4. The number of hydrogen-bond donors (Lipinski definition) is 1. The summed E-state index contributed by atoms with van der Waals surface area (Å²) in [7, 11) is 0. The largest absolute Gasteiger partial charge is 0.354 e. The lowest BCUT2D eigenvalue weighted by Gasteiger charge is -2.05. The third kappa shape index (κ3) is 4.93. The number of amides is 1. The van der Waals surface area contributed by atoms with Crippen molar-refractivity contribution in [1.82, 2.24) is 20.1 Å². The number of thioether (sulfide) groups is 1. The molecule has 1 N–H and O–H groups in total. The number of nitriles is 1. The van der Waals surface area contributed by atoms with Gasteiger partial charge in [0.2, 0.25) is 5.91 Å². The molecule has 7 heteroatoms. The van der Waals surface area contributed by atoms with Crippen LogP contribution in [0, 0.1) is 18.3 Å². The van der Waals surface area contributed by atoms with E-state index in [-0.39, 0.29) is 18.3 Å². The van der Waals surface area contributed by atoms with E-state index in [0.29, 0.717) is 6.54 Å². The van der Waals surface area contributed by atoms with Gasteiger partial charge >= 0.3 is 0 Å². The van der Waals surface area contributed by atoms with Crippen LogP contribution < -0.4 is 5.32 Å². The van der Waals surface area contributed by atoms with Gasteiger partial charge in [-0.1, -0.05) is 17.7 Å². The summed E-state index contributed by atoms with van der Waals surface area (Å²) in [6.07, 6.45) is 1.37. The van der Waals surface area contributed by atoms with Crippen molar-refractivity contribution in [1.29, 1.82) is 5.26 Å². The van der Waals surface area contributed by atoms with Gasteiger partial charge in [-0.15, -0.1) is 16.9 Å². The zero-order chi connectivity index (χ0) is 15.1. The van der Waals surface area contributed by atoms with Crippen LogP contribution in [-0.4, -0.2) is 33.0 Å². The van der Waals surface area contributed by atoms with Gasteiger partial charge in [0.25, 0.3) is 5.82 Å². The first-order chi connectivity index (χ1) is 10.2. The lowest BCUT2D eigenvalue weighted by Crippen LogP contribution is -2.29. The van der Waals surface area contributed by atoms with E-state index in [4.69, 9.17) is 5.26 Å². The fraction of sp³-hybridized carbons (Fsp3) is 0.286. The standard InChI is InChI=1S/C14H15N5OS/c1-11-2-4-12(5-3-11)21-7-6-16-14(20)9-19-10-17-13(8-15)18-19/h2-5,10H,6-7,9H2,1H3,(H,16,20). The maximum absolute atomic E-state index is 11.7. The lowest BCUT2D eigenvalue weighted by atomic mass is 10.2. The Morgan fingerprint density at radius 3 is 2.86 bits per heavy atom. The summed E-state index contributed by atoms with van der Waals surface area (Å²) in [6, 6.07) is 10.1. The molecule has 6 nitrogen and oxygen atoms in total. The first-order valence-corrected chi connectivity index (χ1v) is 7.41. The van der Waals surface area contributed by atoms with Crippen LogP contribution in [0.5, 0.6) is 0 Å². The quantitative estimate of drug-likeness (QED) is 0.643. The molecule has 0 saturated heterocycles. The van der Waals surface area contributed by atoms with E-state index in [0.717, 1.165) is 5.75 Å². The van der Waals surface area contributed by atoms with E-state index in [1.54, 1.807) is 11.8 Å². The first kappa shape index (κ1) is 15.1. The van der Waals surface area contributed by atoms with Crippen molar-refractivity contribution in [3.05, 3.63) is 42.0 Å². The van der Waals surface area contributed by atoms with Crippen molar-refractivity contribution in [2.75, 3.05) is 12.3 Å². The molecule has 0 aliphatic carbocycles. The molecule has 2 rings (SSSR count). The average molecular weight is 301 g/mol. The predicted molar refractivity (Wildman–Crippen MR) is 79.6 cm³/mol. The molecule has 0 unspecified atom stereocenters. The van der Waals surface area contributed by atoms with Crippen molar-refractivity contribution in [2.24, 2.45) is 0 Å². The molecule has 0 aliphatic heterocycles. The van der Waals surface area contributed by atoms with Gasteiger partial charge in [-0.25, -0.2) is 9.67 Å². The summed E-state index contributed by atoms with van der Waals surface area (Å²) in [5.41, 5.74) is 1.23. The second-order valence-corrected chi connectivity index (χ2v) is 5.56. The molecule has 1 amide bonds. The van der Waals surface area contributed by atoms with Gasteiger partial charge in [0.15, 0.2) is 0 Å². The molecule has 0 atom stereocenters. The van der Waals surface area contributed by atoms with E-state index >= 15 is 0 Å². The number of rotatable bonds is 6. The number of carbonyl (C=O) groups is 1. The Morgan fingerprint density at radius 1 is 1.43 bits per heavy atom. The number of aryl methyl sites for hydroxylation is 1. The maximum atomic E-state index is 11.7. The lowest BCUT2D eigenvalue weighted by molar-refractivity contribution is -0.121. The minimum Gasteiger partial charge on any atom is -0.354 e. The molecule has 0 bridgehead atoms. The molecule has 0 saturated carbocycles. The van der Waals surface area contributed by atoms with Crippen LogP contribution in [0.25, 0.3) is 0 Å². The van der Waals surface area contributed by atoms with Crippen LogP contribution in [0.4, 0.5) is 0 Å². The molecule has 0 aliphatic rings. The summed E-state index contributed by atoms with van der Waals surface area (Å²) in [4.78, 5) is 16.6. The number of aromatic nitrogens is 3. The Morgan fingerprint density at radius 2 is 2.19 bits per heavy atom. The smallest absolute Gasteiger partial charge is 0.252 e. The van der Waals surface area contributed by atoms with Crippen LogP contribution >= 0.6 is 11.8 Å². The summed E-state index contributed by atoms with van der Waals surface area (Å²) in [5.74, 6) is 0.724. The fourth-order valence-electron chi connectivity index (χ4n) is 1.62. The SMILES string of the molecule is Cc1ccc(SCCNC(=O)Cn2cnc(C#N)n2)cc1. The summed E-state index contributed by atoms with van der Waals surface area (Å²) in [6.45, 7) is 2.71. The van der Waals surface area contributed by atoms with Crippen LogP contribution in [0.1, 0.15) is 11.4 Å². The Labute approximate surface area is 127 Å². The van der Waals surface area contributed by atoms with Crippen LogP contribution in [0.15, 0.2) is 35.5 Å². The maximum Gasteiger partial charge on any atom is 0.252 e. The highest BCUT2D eigenvalue weighted by Crippen LogP contribution is 2.17.